The van der Waals surface area contributed by atoms with Crippen molar-refractivity contribution in [3.63, 3.8) is 0 Å². The molecule has 1 amide bonds. The molecule has 0 bridgehead atoms. The standard InChI is InChI=1S/C21H21NO4/c1-25-18-4-2-3-16-13-19(26-20(16)18)21(24)22-11-9-15(10-12-22)14-5-7-17(23)8-6-14/h2-8,13,15,23H,9-12H2,1H3. The number of piperidine rings is 1. The van der Waals surface area contributed by atoms with Gasteiger partial charge < -0.3 is 19.2 Å². The molecule has 3 aromatic rings. The van der Waals surface area contributed by atoms with Crippen LogP contribution in [0.25, 0.3) is 11.0 Å². The summed E-state index contributed by atoms with van der Waals surface area (Å²) in [5.41, 5.74) is 1.82. The van der Waals surface area contributed by atoms with Crippen molar-refractivity contribution in [1.29, 1.82) is 0 Å². The number of hydrogen-bond acceptors (Lipinski definition) is 4. The first-order valence-corrected chi connectivity index (χ1v) is 8.80. The maximum atomic E-state index is 12.8. The molecular weight excluding hydrogens is 330 g/mol. The van der Waals surface area contributed by atoms with E-state index in [-0.39, 0.29) is 11.7 Å². The number of carbonyl (C=O) groups excluding carboxylic acids is 1. The molecule has 1 N–H and O–H groups in total. The largest absolute Gasteiger partial charge is 0.508 e. The lowest BCUT2D eigenvalue weighted by molar-refractivity contribution is 0.0683. The van der Waals surface area contributed by atoms with Gasteiger partial charge in [-0.3, -0.25) is 4.79 Å². The molecule has 0 radical (unpaired) electrons. The first kappa shape index (κ1) is 16.5. The van der Waals surface area contributed by atoms with Crippen LogP contribution in [-0.2, 0) is 0 Å². The molecule has 1 aliphatic rings. The maximum Gasteiger partial charge on any atom is 0.289 e. The molecule has 1 aliphatic heterocycles. The number of phenols is 1. The number of furan rings is 1. The van der Waals surface area contributed by atoms with E-state index in [4.69, 9.17) is 9.15 Å². The molecule has 0 unspecified atom stereocenters. The third kappa shape index (κ3) is 3.01. The Morgan fingerprint density at radius 2 is 1.88 bits per heavy atom. The minimum absolute atomic E-state index is 0.0765. The molecule has 5 nitrogen and oxygen atoms in total. The second kappa shape index (κ2) is 6.75. The molecule has 26 heavy (non-hydrogen) atoms. The number of benzene rings is 2. The predicted molar refractivity (Wildman–Crippen MR) is 98.8 cm³/mol. The molecule has 4 rings (SSSR count). The van der Waals surface area contributed by atoms with Crippen molar-refractivity contribution in [2.75, 3.05) is 20.2 Å². The number of carbonyl (C=O) groups is 1. The van der Waals surface area contributed by atoms with E-state index < -0.39 is 0 Å². The average molecular weight is 351 g/mol. The second-order valence-corrected chi connectivity index (χ2v) is 6.65. The third-order valence-corrected chi connectivity index (χ3v) is 5.09. The van der Waals surface area contributed by atoms with Gasteiger partial charge in [-0.05, 0) is 48.6 Å². The van der Waals surface area contributed by atoms with Crippen molar-refractivity contribution in [1.82, 2.24) is 4.90 Å². The molecule has 0 atom stereocenters. The van der Waals surface area contributed by atoms with Crippen molar-refractivity contribution in [3.8, 4) is 11.5 Å². The highest BCUT2D eigenvalue weighted by Gasteiger charge is 2.26. The Labute approximate surface area is 151 Å². The van der Waals surface area contributed by atoms with Crippen molar-refractivity contribution in [2.24, 2.45) is 0 Å². The Morgan fingerprint density at radius 1 is 1.15 bits per heavy atom. The molecule has 0 aliphatic carbocycles. The topological polar surface area (TPSA) is 62.9 Å². The van der Waals surface area contributed by atoms with Crippen LogP contribution in [0.5, 0.6) is 11.5 Å². The fourth-order valence-electron chi connectivity index (χ4n) is 3.62. The lowest BCUT2D eigenvalue weighted by Crippen LogP contribution is -2.37. The van der Waals surface area contributed by atoms with Crippen LogP contribution in [0.3, 0.4) is 0 Å². The van der Waals surface area contributed by atoms with Crippen LogP contribution >= 0.6 is 0 Å². The molecule has 0 spiro atoms. The number of methoxy groups -OCH3 is 1. The molecule has 0 saturated carbocycles. The van der Waals surface area contributed by atoms with Gasteiger partial charge in [0.25, 0.3) is 5.91 Å². The van der Waals surface area contributed by atoms with Gasteiger partial charge in [0.15, 0.2) is 17.1 Å². The summed E-state index contributed by atoms with van der Waals surface area (Å²) in [6.07, 6.45) is 1.81. The van der Waals surface area contributed by atoms with Crippen LogP contribution in [-0.4, -0.2) is 36.1 Å². The first-order chi connectivity index (χ1) is 12.7. The van der Waals surface area contributed by atoms with Gasteiger partial charge in [-0.1, -0.05) is 24.3 Å². The molecule has 1 saturated heterocycles. The number of nitrogens with zero attached hydrogens (tertiary/aromatic N) is 1. The van der Waals surface area contributed by atoms with E-state index in [9.17, 15) is 9.90 Å². The van der Waals surface area contributed by atoms with Gasteiger partial charge in [0.05, 0.1) is 7.11 Å². The smallest absolute Gasteiger partial charge is 0.289 e. The van der Waals surface area contributed by atoms with Gasteiger partial charge in [0.1, 0.15) is 5.75 Å². The van der Waals surface area contributed by atoms with Crippen molar-refractivity contribution in [2.45, 2.75) is 18.8 Å². The lowest BCUT2D eigenvalue weighted by Gasteiger charge is -2.31. The molecule has 5 heteroatoms. The normalized spacial score (nSPS) is 15.3. The molecular formula is C21H21NO4. The van der Waals surface area contributed by atoms with Crippen LogP contribution < -0.4 is 4.74 Å². The number of para-hydroxylation sites is 1. The number of likely N-dealkylation sites (tertiary alicyclic amines) is 1. The monoisotopic (exact) mass is 351 g/mol. The van der Waals surface area contributed by atoms with E-state index >= 15 is 0 Å². The number of amides is 1. The van der Waals surface area contributed by atoms with Crippen molar-refractivity contribution < 1.29 is 19.1 Å². The zero-order valence-corrected chi connectivity index (χ0v) is 14.6. The maximum absolute atomic E-state index is 12.8. The summed E-state index contributed by atoms with van der Waals surface area (Å²) in [5.74, 6) is 1.60. The summed E-state index contributed by atoms with van der Waals surface area (Å²) in [4.78, 5) is 14.7. The molecule has 134 valence electrons. The highest BCUT2D eigenvalue weighted by Crippen LogP contribution is 2.32. The minimum Gasteiger partial charge on any atom is -0.508 e. The van der Waals surface area contributed by atoms with E-state index in [0.29, 0.717) is 36.1 Å². The minimum atomic E-state index is -0.0765. The van der Waals surface area contributed by atoms with Gasteiger partial charge >= 0.3 is 0 Å². The quantitative estimate of drug-likeness (QED) is 0.769. The highest BCUT2D eigenvalue weighted by atomic mass is 16.5. The van der Waals surface area contributed by atoms with Gasteiger partial charge in [0.2, 0.25) is 0 Å². The second-order valence-electron chi connectivity index (χ2n) is 6.65. The van der Waals surface area contributed by atoms with E-state index in [1.807, 2.05) is 35.2 Å². The fourth-order valence-corrected chi connectivity index (χ4v) is 3.62. The van der Waals surface area contributed by atoms with Crippen LogP contribution in [0.4, 0.5) is 0 Å². The van der Waals surface area contributed by atoms with Gasteiger partial charge in [-0.2, -0.15) is 0 Å². The Kier molecular flexibility index (Phi) is 4.29. The number of fused-ring (bicyclic) bond motifs is 1. The summed E-state index contributed by atoms with van der Waals surface area (Å²) < 4.78 is 11.1. The van der Waals surface area contributed by atoms with E-state index in [2.05, 4.69) is 0 Å². The van der Waals surface area contributed by atoms with Gasteiger partial charge in [-0.25, -0.2) is 0 Å². The van der Waals surface area contributed by atoms with E-state index in [1.165, 1.54) is 5.56 Å². The highest BCUT2D eigenvalue weighted by molar-refractivity contribution is 5.97. The molecule has 1 fully saturated rings. The molecule has 1 aromatic heterocycles. The summed E-state index contributed by atoms with van der Waals surface area (Å²) >= 11 is 0. The molecule has 2 heterocycles. The van der Waals surface area contributed by atoms with Gasteiger partial charge in [0, 0.05) is 18.5 Å². The zero-order chi connectivity index (χ0) is 18.1. The van der Waals surface area contributed by atoms with Crippen LogP contribution in [0.1, 0.15) is 34.9 Å². The van der Waals surface area contributed by atoms with Crippen molar-refractivity contribution >= 4 is 16.9 Å². The summed E-state index contributed by atoms with van der Waals surface area (Å²) in [7, 11) is 1.59. The van der Waals surface area contributed by atoms with E-state index in [1.54, 1.807) is 25.3 Å². The van der Waals surface area contributed by atoms with Crippen molar-refractivity contribution in [3.05, 3.63) is 59.9 Å². The number of rotatable bonds is 3. The Balaban J connectivity index is 1.47. The number of aromatic hydroxyl groups is 1. The number of phenolic OH excluding ortho intramolecular Hbond substituents is 1. The summed E-state index contributed by atoms with van der Waals surface area (Å²) in [6.45, 7) is 1.39. The van der Waals surface area contributed by atoms with E-state index in [0.717, 1.165) is 18.2 Å². The molecule has 2 aromatic carbocycles. The summed E-state index contributed by atoms with van der Waals surface area (Å²) in [6, 6.07) is 14.8. The Bertz CT molecular complexity index is 921. The van der Waals surface area contributed by atoms with Crippen LogP contribution in [0.15, 0.2) is 52.9 Å². The number of ether oxygens (including phenoxy) is 1. The fraction of sp³-hybridized carbons (Fsp3) is 0.286. The number of hydrogen-bond donors (Lipinski definition) is 1. The van der Waals surface area contributed by atoms with Crippen LogP contribution in [0.2, 0.25) is 0 Å². The average Bonchev–Trinajstić information content (AvgIpc) is 3.12. The third-order valence-electron chi connectivity index (χ3n) is 5.09. The lowest BCUT2D eigenvalue weighted by atomic mass is 9.89. The zero-order valence-electron chi connectivity index (χ0n) is 14.6. The Morgan fingerprint density at radius 3 is 2.58 bits per heavy atom. The predicted octanol–water partition coefficient (Wildman–Crippen LogP) is 4.17. The summed E-state index contributed by atoms with van der Waals surface area (Å²) in [5, 5.41) is 10.3. The first-order valence-electron chi connectivity index (χ1n) is 8.80. The van der Waals surface area contributed by atoms with Crippen LogP contribution in [0, 0.1) is 0 Å². The SMILES string of the molecule is COc1cccc2cc(C(=O)N3CCC(c4ccc(O)cc4)CC3)oc12. The Hall–Kier alpha value is -2.95. The van der Waals surface area contributed by atoms with Gasteiger partial charge in [-0.15, -0.1) is 0 Å².